The Balaban J connectivity index is 2.14. The minimum absolute atomic E-state index is 0.232. The summed E-state index contributed by atoms with van der Waals surface area (Å²) in [7, 11) is 0. The summed E-state index contributed by atoms with van der Waals surface area (Å²) in [5.41, 5.74) is 0. The maximum Gasteiger partial charge on any atom is 0.265 e. The Kier molecular flexibility index (Phi) is 6.67. The van der Waals surface area contributed by atoms with Gasteiger partial charge in [-0.3, -0.25) is 4.79 Å². The first-order valence-electron chi connectivity index (χ1n) is 5.50. The van der Waals surface area contributed by atoms with E-state index in [4.69, 9.17) is 5.11 Å². The smallest absolute Gasteiger partial charge is 0.265 e. The van der Waals surface area contributed by atoms with Crippen LogP contribution < -0.4 is 5.32 Å². The van der Waals surface area contributed by atoms with Crippen LogP contribution in [0, 0.1) is 0 Å². The molecule has 0 spiro atoms. The van der Waals surface area contributed by atoms with Crippen molar-refractivity contribution in [2.75, 3.05) is 12.3 Å². The molecule has 2 N–H and O–H groups in total. The Morgan fingerprint density at radius 2 is 2.00 bits per heavy atom. The van der Waals surface area contributed by atoms with Gasteiger partial charge in [0.1, 0.15) is 6.10 Å². The van der Waals surface area contributed by atoms with E-state index >= 15 is 0 Å². The highest BCUT2D eigenvalue weighted by Gasteiger charge is 2.17. The molecule has 0 heterocycles. The monoisotopic (exact) mass is 275 g/mol. The van der Waals surface area contributed by atoms with Crippen LogP contribution in [0.1, 0.15) is 6.42 Å². The molecule has 1 atom stereocenters. The number of thioether (sulfide) groups is 1. The third-order valence-corrected chi connectivity index (χ3v) is 3.15. The molecule has 0 aliphatic rings. The second-order valence-corrected chi connectivity index (χ2v) is 4.79. The first-order valence-corrected chi connectivity index (χ1v) is 6.49. The fourth-order valence-corrected chi connectivity index (χ4v) is 2.05. The van der Waals surface area contributed by atoms with E-state index in [0.29, 0.717) is 5.75 Å². The van der Waals surface area contributed by atoms with Crippen molar-refractivity contribution < 1.29 is 18.7 Å². The standard InChI is InChI=1S/C12H15F2NO2S/c13-12(14)10(16)8-15-11(17)6-7-18-9-4-2-1-3-5-9/h1-5,10,12,16H,6-8H2,(H,15,17). The number of halogens is 2. The zero-order chi connectivity index (χ0) is 13.4. The Morgan fingerprint density at radius 1 is 1.33 bits per heavy atom. The van der Waals surface area contributed by atoms with Crippen LogP contribution >= 0.6 is 11.8 Å². The van der Waals surface area contributed by atoms with E-state index < -0.39 is 19.1 Å². The minimum atomic E-state index is -2.83. The lowest BCUT2D eigenvalue weighted by Gasteiger charge is -2.10. The normalized spacial score (nSPS) is 12.4. The van der Waals surface area contributed by atoms with Crippen LogP contribution in [-0.2, 0) is 4.79 Å². The van der Waals surface area contributed by atoms with Crippen LogP contribution in [0.3, 0.4) is 0 Å². The van der Waals surface area contributed by atoms with Gasteiger partial charge in [0, 0.05) is 23.6 Å². The molecular weight excluding hydrogens is 260 g/mol. The number of nitrogens with one attached hydrogen (secondary N) is 1. The van der Waals surface area contributed by atoms with Crippen LogP contribution in [0.5, 0.6) is 0 Å². The number of amides is 1. The van der Waals surface area contributed by atoms with Gasteiger partial charge >= 0.3 is 0 Å². The van der Waals surface area contributed by atoms with Gasteiger partial charge in [0.25, 0.3) is 6.43 Å². The molecule has 0 aromatic heterocycles. The number of benzene rings is 1. The van der Waals surface area contributed by atoms with Crippen molar-refractivity contribution in [3.05, 3.63) is 30.3 Å². The summed E-state index contributed by atoms with van der Waals surface area (Å²) < 4.78 is 23.9. The SMILES string of the molecule is O=C(CCSc1ccccc1)NCC(O)C(F)F. The van der Waals surface area contributed by atoms with Gasteiger partial charge in [-0.1, -0.05) is 18.2 Å². The molecule has 0 radical (unpaired) electrons. The fourth-order valence-electron chi connectivity index (χ4n) is 1.17. The van der Waals surface area contributed by atoms with Gasteiger partial charge in [0.05, 0.1) is 0 Å². The zero-order valence-corrected chi connectivity index (χ0v) is 10.5. The number of hydrogen-bond acceptors (Lipinski definition) is 3. The van der Waals surface area contributed by atoms with Gasteiger partial charge in [-0.2, -0.15) is 0 Å². The molecule has 0 bridgehead atoms. The fraction of sp³-hybridized carbons (Fsp3) is 0.417. The van der Waals surface area contributed by atoms with E-state index in [1.54, 1.807) is 0 Å². The molecule has 1 amide bonds. The maximum absolute atomic E-state index is 11.9. The molecule has 0 saturated heterocycles. The zero-order valence-electron chi connectivity index (χ0n) is 9.68. The summed E-state index contributed by atoms with van der Waals surface area (Å²) in [6.45, 7) is -0.410. The van der Waals surface area contributed by atoms with Gasteiger partial charge in [0.15, 0.2) is 0 Å². The van der Waals surface area contributed by atoms with Gasteiger partial charge in [-0.15, -0.1) is 11.8 Å². The molecule has 6 heteroatoms. The van der Waals surface area contributed by atoms with Crippen molar-refractivity contribution in [2.45, 2.75) is 23.8 Å². The highest BCUT2D eigenvalue weighted by molar-refractivity contribution is 7.99. The third kappa shape index (κ3) is 5.97. The average molecular weight is 275 g/mol. The van der Waals surface area contributed by atoms with Crippen LogP contribution in [0.15, 0.2) is 35.2 Å². The maximum atomic E-state index is 11.9. The van der Waals surface area contributed by atoms with E-state index in [2.05, 4.69) is 5.32 Å². The first kappa shape index (κ1) is 14.9. The second-order valence-electron chi connectivity index (χ2n) is 3.62. The summed E-state index contributed by atoms with van der Waals surface area (Å²) in [4.78, 5) is 12.3. The Labute approximate surface area is 109 Å². The molecule has 0 aliphatic carbocycles. The van der Waals surface area contributed by atoms with Crippen molar-refractivity contribution in [1.29, 1.82) is 0 Å². The highest BCUT2D eigenvalue weighted by atomic mass is 32.2. The lowest BCUT2D eigenvalue weighted by Crippen LogP contribution is -2.35. The summed E-state index contributed by atoms with van der Waals surface area (Å²) in [5, 5.41) is 11.1. The van der Waals surface area contributed by atoms with Crippen LogP contribution in [-0.4, -0.2) is 35.8 Å². The van der Waals surface area contributed by atoms with E-state index in [1.807, 2.05) is 30.3 Å². The van der Waals surface area contributed by atoms with Crippen molar-refractivity contribution in [1.82, 2.24) is 5.32 Å². The number of alkyl halides is 2. The molecule has 100 valence electrons. The van der Waals surface area contributed by atoms with E-state index in [1.165, 1.54) is 11.8 Å². The molecular formula is C12H15F2NO2S. The summed E-state index contributed by atoms with van der Waals surface area (Å²) >= 11 is 1.52. The number of hydrogen-bond donors (Lipinski definition) is 2. The molecule has 1 aromatic carbocycles. The molecule has 1 aromatic rings. The van der Waals surface area contributed by atoms with Crippen LogP contribution in [0.4, 0.5) is 8.78 Å². The highest BCUT2D eigenvalue weighted by Crippen LogP contribution is 2.17. The summed E-state index contributed by atoms with van der Waals surface area (Å²) in [6, 6.07) is 9.58. The van der Waals surface area contributed by atoms with Gasteiger partial charge < -0.3 is 10.4 Å². The van der Waals surface area contributed by atoms with Crippen molar-refractivity contribution >= 4 is 17.7 Å². The van der Waals surface area contributed by atoms with Crippen LogP contribution in [0.25, 0.3) is 0 Å². The quantitative estimate of drug-likeness (QED) is 0.747. The van der Waals surface area contributed by atoms with Gasteiger partial charge in [-0.05, 0) is 12.1 Å². The number of aliphatic hydroxyl groups excluding tert-OH is 1. The first-order chi connectivity index (χ1) is 8.59. The Bertz CT molecular complexity index is 362. The molecule has 3 nitrogen and oxygen atoms in total. The molecule has 0 fully saturated rings. The number of carbonyl (C=O) groups excluding carboxylic acids is 1. The predicted molar refractivity (Wildman–Crippen MR) is 66.8 cm³/mol. The topological polar surface area (TPSA) is 49.3 Å². The second kappa shape index (κ2) is 8.05. The van der Waals surface area contributed by atoms with E-state index in [-0.39, 0.29) is 12.3 Å². The van der Waals surface area contributed by atoms with Crippen molar-refractivity contribution in [3.8, 4) is 0 Å². The molecule has 1 unspecified atom stereocenters. The minimum Gasteiger partial charge on any atom is -0.385 e. The molecule has 0 aliphatic heterocycles. The number of carbonyl (C=O) groups is 1. The predicted octanol–water partition coefficient (Wildman–Crippen LogP) is 1.91. The van der Waals surface area contributed by atoms with Crippen LogP contribution in [0.2, 0.25) is 0 Å². The lowest BCUT2D eigenvalue weighted by atomic mass is 10.3. The summed E-state index contributed by atoms with van der Waals surface area (Å²) in [6.07, 6.45) is -4.39. The van der Waals surface area contributed by atoms with Crippen molar-refractivity contribution in [2.24, 2.45) is 0 Å². The molecule has 0 saturated carbocycles. The average Bonchev–Trinajstić information content (AvgIpc) is 2.37. The largest absolute Gasteiger partial charge is 0.385 e. The molecule has 18 heavy (non-hydrogen) atoms. The Hall–Kier alpha value is -1.14. The van der Waals surface area contributed by atoms with Crippen molar-refractivity contribution in [3.63, 3.8) is 0 Å². The van der Waals surface area contributed by atoms with E-state index in [0.717, 1.165) is 4.90 Å². The van der Waals surface area contributed by atoms with E-state index in [9.17, 15) is 13.6 Å². The number of aliphatic hydroxyl groups is 1. The molecule has 1 rings (SSSR count). The summed E-state index contributed by atoms with van der Waals surface area (Å²) in [5.74, 6) is 0.235. The van der Waals surface area contributed by atoms with Gasteiger partial charge in [-0.25, -0.2) is 8.78 Å². The lowest BCUT2D eigenvalue weighted by molar-refractivity contribution is -0.121. The number of rotatable bonds is 7. The Morgan fingerprint density at radius 3 is 2.61 bits per heavy atom. The van der Waals surface area contributed by atoms with Gasteiger partial charge in [0.2, 0.25) is 5.91 Å². The third-order valence-electron chi connectivity index (χ3n) is 2.14.